The first kappa shape index (κ1) is 11.9. The standard InChI is InChI=1S/C11H6Br2ClNO/c12-7-3-9(6-15-5-7)16-11-2-1-8(14)4-10(11)13/h1-6H. The molecule has 0 radical (unpaired) electrons. The zero-order valence-electron chi connectivity index (χ0n) is 7.95. The fourth-order valence-electron chi connectivity index (χ4n) is 1.13. The Hall–Kier alpha value is -0.580. The lowest BCUT2D eigenvalue weighted by atomic mass is 10.3. The van der Waals surface area contributed by atoms with Crippen molar-refractivity contribution in [3.05, 3.63) is 50.6 Å². The Kier molecular flexibility index (Phi) is 3.84. The molecule has 0 fully saturated rings. The van der Waals surface area contributed by atoms with Crippen molar-refractivity contribution in [1.29, 1.82) is 0 Å². The second-order valence-corrected chi connectivity index (χ2v) is 5.22. The van der Waals surface area contributed by atoms with Crippen LogP contribution in [0.15, 0.2) is 45.6 Å². The lowest BCUT2D eigenvalue weighted by Crippen LogP contribution is -1.86. The molecule has 0 bridgehead atoms. The number of rotatable bonds is 2. The number of hydrogen-bond acceptors (Lipinski definition) is 2. The summed E-state index contributed by atoms with van der Waals surface area (Å²) in [6.07, 6.45) is 3.34. The number of nitrogens with zero attached hydrogens (tertiary/aromatic N) is 1. The van der Waals surface area contributed by atoms with Gasteiger partial charge in [0.2, 0.25) is 0 Å². The molecule has 16 heavy (non-hydrogen) atoms. The van der Waals surface area contributed by atoms with Gasteiger partial charge >= 0.3 is 0 Å². The Morgan fingerprint density at radius 2 is 1.94 bits per heavy atom. The topological polar surface area (TPSA) is 22.1 Å². The largest absolute Gasteiger partial charge is 0.455 e. The van der Waals surface area contributed by atoms with Gasteiger partial charge in [0, 0.05) is 15.7 Å². The summed E-state index contributed by atoms with van der Waals surface area (Å²) in [6, 6.07) is 7.19. The molecule has 0 amide bonds. The molecular formula is C11H6Br2ClNO. The molecule has 0 saturated heterocycles. The summed E-state index contributed by atoms with van der Waals surface area (Å²) < 4.78 is 7.32. The number of hydrogen-bond donors (Lipinski definition) is 0. The van der Waals surface area contributed by atoms with Crippen molar-refractivity contribution in [2.45, 2.75) is 0 Å². The summed E-state index contributed by atoms with van der Waals surface area (Å²) in [6.45, 7) is 0. The smallest absolute Gasteiger partial charge is 0.146 e. The molecule has 0 aliphatic carbocycles. The molecule has 0 atom stereocenters. The highest BCUT2D eigenvalue weighted by Crippen LogP contribution is 2.32. The van der Waals surface area contributed by atoms with Gasteiger partial charge in [-0.2, -0.15) is 0 Å². The minimum absolute atomic E-state index is 0.659. The molecule has 1 aromatic heterocycles. The van der Waals surface area contributed by atoms with Crippen LogP contribution in [0.1, 0.15) is 0 Å². The SMILES string of the molecule is Clc1ccc(Oc2cncc(Br)c2)c(Br)c1. The van der Waals surface area contributed by atoms with Crippen molar-refractivity contribution in [1.82, 2.24) is 4.98 Å². The summed E-state index contributed by atoms with van der Waals surface area (Å²) in [7, 11) is 0. The third-order valence-electron chi connectivity index (χ3n) is 1.80. The molecule has 0 unspecified atom stereocenters. The number of aromatic nitrogens is 1. The molecule has 2 aromatic rings. The Labute approximate surface area is 115 Å². The lowest BCUT2D eigenvalue weighted by Gasteiger charge is -2.07. The van der Waals surface area contributed by atoms with Crippen molar-refractivity contribution in [3.63, 3.8) is 0 Å². The summed E-state index contributed by atoms with van der Waals surface area (Å²) >= 11 is 12.6. The molecular weight excluding hydrogens is 357 g/mol. The fraction of sp³-hybridized carbons (Fsp3) is 0. The predicted octanol–water partition coefficient (Wildman–Crippen LogP) is 5.05. The molecule has 82 valence electrons. The lowest BCUT2D eigenvalue weighted by molar-refractivity contribution is 0.477. The normalized spacial score (nSPS) is 10.2. The average molecular weight is 363 g/mol. The zero-order chi connectivity index (χ0) is 11.5. The molecule has 2 rings (SSSR count). The van der Waals surface area contributed by atoms with Crippen LogP contribution in [0.5, 0.6) is 11.5 Å². The van der Waals surface area contributed by atoms with E-state index in [0.717, 1.165) is 8.95 Å². The van der Waals surface area contributed by atoms with E-state index >= 15 is 0 Å². The van der Waals surface area contributed by atoms with Crippen LogP contribution in [0.3, 0.4) is 0 Å². The highest BCUT2D eigenvalue weighted by molar-refractivity contribution is 9.10. The first-order valence-electron chi connectivity index (χ1n) is 4.38. The van der Waals surface area contributed by atoms with Crippen LogP contribution in [-0.2, 0) is 0 Å². The van der Waals surface area contributed by atoms with E-state index in [0.29, 0.717) is 16.5 Å². The van der Waals surface area contributed by atoms with Crippen molar-refractivity contribution in [3.8, 4) is 11.5 Å². The summed E-state index contributed by atoms with van der Waals surface area (Å²) in [5.41, 5.74) is 0. The molecule has 0 saturated carbocycles. The van der Waals surface area contributed by atoms with Gasteiger partial charge in [-0.1, -0.05) is 11.6 Å². The van der Waals surface area contributed by atoms with Crippen LogP contribution in [-0.4, -0.2) is 4.98 Å². The fourth-order valence-corrected chi connectivity index (χ4v) is 2.24. The van der Waals surface area contributed by atoms with E-state index in [-0.39, 0.29) is 0 Å². The maximum atomic E-state index is 5.84. The van der Waals surface area contributed by atoms with Gasteiger partial charge in [0.15, 0.2) is 0 Å². The molecule has 0 aliphatic rings. The molecule has 0 spiro atoms. The number of benzene rings is 1. The van der Waals surface area contributed by atoms with Gasteiger partial charge < -0.3 is 4.74 Å². The van der Waals surface area contributed by atoms with Crippen LogP contribution in [0, 0.1) is 0 Å². The minimum Gasteiger partial charge on any atom is -0.455 e. The third-order valence-corrected chi connectivity index (χ3v) is 3.09. The highest BCUT2D eigenvalue weighted by atomic mass is 79.9. The van der Waals surface area contributed by atoms with Crippen LogP contribution in [0.25, 0.3) is 0 Å². The third kappa shape index (κ3) is 2.97. The van der Waals surface area contributed by atoms with Crippen molar-refractivity contribution in [2.24, 2.45) is 0 Å². The van der Waals surface area contributed by atoms with E-state index < -0.39 is 0 Å². The van der Waals surface area contributed by atoms with Crippen molar-refractivity contribution < 1.29 is 4.74 Å². The molecule has 1 aromatic carbocycles. The number of ether oxygens (including phenoxy) is 1. The monoisotopic (exact) mass is 361 g/mol. The van der Waals surface area contributed by atoms with Gasteiger partial charge in [0.1, 0.15) is 11.5 Å². The summed E-state index contributed by atoms with van der Waals surface area (Å²) in [5.74, 6) is 1.36. The van der Waals surface area contributed by atoms with Crippen LogP contribution >= 0.6 is 43.5 Å². The van der Waals surface area contributed by atoms with Crippen molar-refractivity contribution in [2.75, 3.05) is 0 Å². The summed E-state index contributed by atoms with van der Waals surface area (Å²) in [4.78, 5) is 4.01. The van der Waals surface area contributed by atoms with E-state index in [1.807, 2.05) is 6.07 Å². The Morgan fingerprint density at radius 1 is 1.12 bits per heavy atom. The minimum atomic E-state index is 0.659. The van der Waals surface area contributed by atoms with Gasteiger partial charge in [-0.3, -0.25) is 4.98 Å². The highest BCUT2D eigenvalue weighted by Gasteiger charge is 2.04. The Morgan fingerprint density at radius 3 is 2.62 bits per heavy atom. The molecule has 0 N–H and O–H groups in total. The first-order valence-corrected chi connectivity index (χ1v) is 6.35. The van der Waals surface area contributed by atoms with Crippen molar-refractivity contribution >= 4 is 43.5 Å². The van der Waals surface area contributed by atoms with E-state index in [4.69, 9.17) is 16.3 Å². The van der Waals surface area contributed by atoms with E-state index in [2.05, 4.69) is 36.8 Å². The zero-order valence-corrected chi connectivity index (χ0v) is 11.9. The maximum absolute atomic E-state index is 5.84. The van der Waals surface area contributed by atoms with Gasteiger partial charge in [-0.15, -0.1) is 0 Å². The Balaban J connectivity index is 2.27. The molecule has 2 nitrogen and oxygen atoms in total. The van der Waals surface area contributed by atoms with Gasteiger partial charge in [0.25, 0.3) is 0 Å². The molecule has 0 aliphatic heterocycles. The summed E-state index contributed by atoms with van der Waals surface area (Å²) in [5, 5.41) is 0.659. The Bertz CT molecular complexity index is 519. The number of pyridine rings is 1. The van der Waals surface area contributed by atoms with Gasteiger partial charge in [0.05, 0.1) is 10.7 Å². The van der Waals surface area contributed by atoms with Crippen LogP contribution in [0.4, 0.5) is 0 Å². The van der Waals surface area contributed by atoms with Gasteiger partial charge in [-0.05, 0) is 56.1 Å². The van der Waals surface area contributed by atoms with E-state index in [1.165, 1.54) is 0 Å². The van der Waals surface area contributed by atoms with Crippen LogP contribution < -0.4 is 4.74 Å². The second-order valence-electron chi connectivity index (χ2n) is 3.02. The first-order chi connectivity index (χ1) is 7.65. The van der Waals surface area contributed by atoms with Gasteiger partial charge in [-0.25, -0.2) is 0 Å². The van der Waals surface area contributed by atoms with E-state index in [9.17, 15) is 0 Å². The molecule has 5 heteroatoms. The quantitative estimate of drug-likeness (QED) is 0.745. The molecule has 1 heterocycles. The van der Waals surface area contributed by atoms with Crippen LogP contribution in [0.2, 0.25) is 5.02 Å². The number of halogens is 3. The predicted molar refractivity (Wildman–Crippen MR) is 71.2 cm³/mol. The average Bonchev–Trinajstić information content (AvgIpc) is 2.22. The van der Waals surface area contributed by atoms with E-state index in [1.54, 1.807) is 30.6 Å². The second kappa shape index (κ2) is 5.17. The maximum Gasteiger partial charge on any atom is 0.146 e.